The van der Waals surface area contributed by atoms with Gasteiger partial charge < -0.3 is 19.8 Å². The van der Waals surface area contributed by atoms with Crippen molar-refractivity contribution in [1.29, 1.82) is 0 Å². The third-order valence-corrected chi connectivity index (χ3v) is 6.02. The van der Waals surface area contributed by atoms with Crippen molar-refractivity contribution in [1.82, 2.24) is 14.7 Å². The number of aliphatic hydroxyl groups excluding tert-OH is 1. The normalized spacial score (nSPS) is 26.6. The van der Waals surface area contributed by atoms with Gasteiger partial charge in [0.05, 0.1) is 24.7 Å². The molecule has 0 unspecified atom stereocenters. The first kappa shape index (κ1) is 17.5. The van der Waals surface area contributed by atoms with Crippen molar-refractivity contribution < 1.29 is 14.7 Å². The molecule has 1 spiro atoms. The second-order valence-electron chi connectivity index (χ2n) is 8.21. The topological polar surface area (TPSA) is 64.1 Å². The fourth-order valence-corrected chi connectivity index (χ4v) is 4.71. The number of hydrogen-bond acceptors (Lipinski definition) is 4. The Kier molecular flexibility index (Phi) is 4.28. The minimum Gasteiger partial charge on any atom is -0.394 e. The van der Waals surface area contributed by atoms with Crippen molar-refractivity contribution in [2.75, 3.05) is 40.3 Å². The Balaban J connectivity index is 1.60. The molecular formula is C20H27N3O3. The number of amides is 2. The molecule has 4 rings (SSSR count). The molecule has 1 saturated carbocycles. The lowest BCUT2D eigenvalue weighted by Crippen LogP contribution is -2.86. The summed E-state index contributed by atoms with van der Waals surface area (Å²) in [5, 5.41) is 10.0. The molecule has 140 valence electrons. The maximum Gasteiger partial charge on any atom is 0.236 e. The highest BCUT2D eigenvalue weighted by molar-refractivity contribution is 5.86. The van der Waals surface area contributed by atoms with Crippen LogP contribution < -0.4 is 0 Å². The van der Waals surface area contributed by atoms with Gasteiger partial charge in [-0.25, -0.2) is 0 Å². The first-order valence-corrected chi connectivity index (χ1v) is 9.39. The van der Waals surface area contributed by atoms with Crippen LogP contribution in [0.1, 0.15) is 24.3 Å². The summed E-state index contributed by atoms with van der Waals surface area (Å²) >= 11 is 0. The molecule has 0 aromatic heterocycles. The molecule has 2 saturated heterocycles. The molecule has 2 heterocycles. The van der Waals surface area contributed by atoms with E-state index in [4.69, 9.17) is 0 Å². The maximum absolute atomic E-state index is 12.9. The molecule has 3 fully saturated rings. The molecule has 2 amide bonds. The summed E-state index contributed by atoms with van der Waals surface area (Å²) in [7, 11) is 3.77. The van der Waals surface area contributed by atoms with Gasteiger partial charge in [0.25, 0.3) is 0 Å². The summed E-state index contributed by atoms with van der Waals surface area (Å²) in [6.45, 7) is 1.47. The number of likely N-dealkylation sites (tertiary alicyclic amines) is 2. The number of benzene rings is 1. The van der Waals surface area contributed by atoms with Gasteiger partial charge in [0.2, 0.25) is 11.8 Å². The molecule has 26 heavy (non-hydrogen) atoms. The molecule has 1 aromatic carbocycles. The van der Waals surface area contributed by atoms with E-state index in [9.17, 15) is 14.7 Å². The summed E-state index contributed by atoms with van der Waals surface area (Å²) in [4.78, 5) is 30.9. The van der Waals surface area contributed by atoms with Gasteiger partial charge in [0.15, 0.2) is 0 Å². The van der Waals surface area contributed by atoms with Crippen molar-refractivity contribution in [2.45, 2.75) is 30.3 Å². The van der Waals surface area contributed by atoms with E-state index in [0.717, 1.165) is 18.4 Å². The predicted octanol–water partition coefficient (Wildman–Crippen LogP) is 0.526. The number of aliphatic hydroxyl groups is 1. The van der Waals surface area contributed by atoms with Crippen molar-refractivity contribution in [3.8, 4) is 0 Å². The van der Waals surface area contributed by atoms with Gasteiger partial charge >= 0.3 is 0 Å². The van der Waals surface area contributed by atoms with Crippen molar-refractivity contribution in [3.63, 3.8) is 0 Å². The quantitative estimate of drug-likeness (QED) is 0.835. The fraction of sp³-hybridized carbons (Fsp3) is 0.600. The van der Waals surface area contributed by atoms with E-state index < -0.39 is 0 Å². The Morgan fingerprint density at radius 2 is 1.85 bits per heavy atom. The molecule has 1 aromatic rings. The van der Waals surface area contributed by atoms with Gasteiger partial charge in [0, 0.05) is 24.9 Å². The molecular weight excluding hydrogens is 330 g/mol. The first-order chi connectivity index (χ1) is 12.5. The summed E-state index contributed by atoms with van der Waals surface area (Å²) in [5.41, 5.74) is 0.794. The van der Waals surface area contributed by atoms with Crippen molar-refractivity contribution in [3.05, 3.63) is 35.9 Å². The number of likely N-dealkylation sites (N-methyl/N-ethyl adjacent to an activating group) is 1. The Bertz CT molecular complexity index is 696. The highest BCUT2D eigenvalue weighted by Gasteiger charge is 2.68. The summed E-state index contributed by atoms with van der Waals surface area (Å²) in [6.07, 6.45) is 1.89. The first-order valence-electron chi connectivity index (χ1n) is 9.39. The van der Waals surface area contributed by atoms with Crippen molar-refractivity contribution in [2.24, 2.45) is 5.92 Å². The molecule has 6 heteroatoms. The number of carbonyl (C=O) groups excluding carboxylic acids is 2. The largest absolute Gasteiger partial charge is 0.394 e. The number of carbonyl (C=O) groups is 2. The number of hydrogen-bond donors (Lipinski definition) is 1. The smallest absolute Gasteiger partial charge is 0.236 e. The minimum absolute atomic E-state index is 0.0363. The zero-order valence-corrected chi connectivity index (χ0v) is 15.5. The lowest BCUT2D eigenvalue weighted by atomic mass is 9.60. The van der Waals surface area contributed by atoms with E-state index in [1.807, 2.05) is 47.0 Å². The summed E-state index contributed by atoms with van der Waals surface area (Å²) < 4.78 is 0. The second-order valence-corrected chi connectivity index (χ2v) is 8.21. The van der Waals surface area contributed by atoms with E-state index in [1.54, 1.807) is 0 Å². The highest BCUT2D eigenvalue weighted by Crippen LogP contribution is 2.55. The van der Waals surface area contributed by atoms with E-state index in [-0.39, 0.29) is 41.8 Å². The van der Waals surface area contributed by atoms with Crippen LogP contribution in [-0.2, 0) is 9.59 Å². The zero-order chi connectivity index (χ0) is 18.5. The Morgan fingerprint density at radius 3 is 2.38 bits per heavy atom. The fourth-order valence-electron chi connectivity index (χ4n) is 4.71. The van der Waals surface area contributed by atoms with Crippen LogP contribution in [0.5, 0.6) is 0 Å². The van der Waals surface area contributed by atoms with Crippen LogP contribution in [0.25, 0.3) is 0 Å². The Labute approximate surface area is 154 Å². The van der Waals surface area contributed by atoms with Gasteiger partial charge in [0.1, 0.15) is 0 Å². The average molecular weight is 357 g/mol. The molecule has 2 aliphatic heterocycles. The van der Waals surface area contributed by atoms with E-state index in [0.29, 0.717) is 19.6 Å². The molecule has 6 nitrogen and oxygen atoms in total. The van der Waals surface area contributed by atoms with E-state index in [1.165, 1.54) is 0 Å². The SMILES string of the molecule is CN(C)CC(=O)N1CC2(C1)[C@H](c1ccccc1)[C@H](CO)N2C(=O)C1CC1. The molecule has 0 bridgehead atoms. The highest BCUT2D eigenvalue weighted by atomic mass is 16.3. The monoisotopic (exact) mass is 357 g/mol. The van der Waals surface area contributed by atoms with Crippen LogP contribution in [-0.4, -0.2) is 83.5 Å². The van der Waals surface area contributed by atoms with Crippen LogP contribution in [0.3, 0.4) is 0 Å². The molecule has 1 aliphatic carbocycles. The Morgan fingerprint density at radius 1 is 1.19 bits per heavy atom. The maximum atomic E-state index is 12.9. The molecule has 2 atom stereocenters. The predicted molar refractivity (Wildman–Crippen MR) is 97.5 cm³/mol. The third-order valence-electron chi connectivity index (χ3n) is 6.02. The summed E-state index contributed by atoms with van der Waals surface area (Å²) in [6, 6.07) is 9.92. The lowest BCUT2D eigenvalue weighted by molar-refractivity contribution is -0.204. The van der Waals surface area contributed by atoms with Gasteiger partial charge in [-0.3, -0.25) is 9.59 Å². The van der Waals surface area contributed by atoms with Crippen LogP contribution in [0.2, 0.25) is 0 Å². The second kappa shape index (κ2) is 6.35. The molecule has 1 N–H and O–H groups in total. The Hall–Kier alpha value is -1.92. The average Bonchev–Trinajstić information content (AvgIpc) is 3.38. The number of nitrogens with zero attached hydrogens (tertiary/aromatic N) is 3. The van der Waals surface area contributed by atoms with Crippen LogP contribution in [0, 0.1) is 5.92 Å². The van der Waals surface area contributed by atoms with E-state index in [2.05, 4.69) is 12.1 Å². The van der Waals surface area contributed by atoms with Gasteiger partial charge in [-0.1, -0.05) is 30.3 Å². The lowest BCUT2D eigenvalue weighted by Gasteiger charge is -2.70. The van der Waals surface area contributed by atoms with Crippen LogP contribution >= 0.6 is 0 Å². The van der Waals surface area contributed by atoms with Gasteiger partial charge in [-0.05, 0) is 32.5 Å². The van der Waals surface area contributed by atoms with Gasteiger partial charge in [-0.2, -0.15) is 0 Å². The molecule has 3 aliphatic rings. The molecule has 0 radical (unpaired) electrons. The van der Waals surface area contributed by atoms with E-state index >= 15 is 0 Å². The number of rotatable bonds is 5. The van der Waals surface area contributed by atoms with Gasteiger partial charge in [-0.15, -0.1) is 0 Å². The van der Waals surface area contributed by atoms with Crippen LogP contribution in [0.4, 0.5) is 0 Å². The van der Waals surface area contributed by atoms with Crippen LogP contribution in [0.15, 0.2) is 30.3 Å². The zero-order valence-electron chi connectivity index (χ0n) is 15.5. The minimum atomic E-state index is -0.351. The third kappa shape index (κ3) is 2.63. The summed E-state index contributed by atoms with van der Waals surface area (Å²) in [5.74, 6) is 0.457. The standard InChI is InChI=1S/C20H27N3O3/c1-21(2)10-17(25)22-12-20(13-22)18(14-6-4-3-5-7-14)16(11-24)23(20)19(26)15-8-9-15/h3-7,15-16,18,24H,8-13H2,1-2H3/t16-,18+/m0/s1. The van der Waals surface area contributed by atoms with Crippen molar-refractivity contribution >= 4 is 11.8 Å².